The Morgan fingerprint density at radius 3 is 2.35 bits per heavy atom. The Balaban J connectivity index is 2.66. The van der Waals surface area contributed by atoms with Gasteiger partial charge in [0.1, 0.15) is 0 Å². The van der Waals surface area contributed by atoms with Crippen LogP contribution in [0.1, 0.15) is 46.5 Å². The summed E-state index contributed by atoms with van der Waals surface area (Å²) in [6.45, 7) is 13.6. The molecular formula is C14H31N3. The van der Waals surface area contributed by atoms with Crippen LogP contribution in [0, 0.1) is 0 Å². The molecule has 1 saturated heterocycles. The van der Waals surface area contributed by atoms with E-state index in [1.54, 1.807) is 0 Å². The summed E-state index contributed by atoms with van der Waals surface area (Å²) in [5.74, 6) is 0. The quantitative estimate of drug-likeness (QED) is 0.771. The summed E-state index contributed by atoms with van der Waals surface area (Å²) in [5, 5.41) is 0. The average Bonchev–Trinajstić information content (AvgIpc) is 2.55. The van der Waals surface area contributed by atoms with Gasteiger partial charge in [0.2, 0.25) is 0 Å². The van der Waals surface area contributed by atoms with Crippen molar-refractivity contribution >= 4 is 0 Å². The molecule has 0 amide bonds. The smallest absolute Gasteiger partial charge is 0.0344 e. The van der Waals surface area contributed by atoms with Crippen molar-refractivity contribution in [3.05, 3.63) is 0 Å². The van der Waals surface area contributed by atoms with Crippen LogP contribution in [0.25, 0.3) is 0 Å². The molecule has 1 aliphatic heterocycles. The first-order chi connectivity index (χ1) is 8.22. The van der Waals surface area contributed by atoms with Gasteiger partial charge in [0, 0.05) is 12.1 Å². The molecule has 0 bridgehead atoms. The second kappa shape index (κ2) is 7.34. The third-order valence-electron chi connectivity index (χ3n) is 4.36. The van der Waals surface area contributed by atoms with Crippen molar-refractivity contribution in [1.29, 1.82) is 0 Å². The van der Waals surface area contributed by atoms with Crippen LogP contribution in [0.2, 0.25) is 0 Å². The number of hydrogen-bond acceptors (Lipinski definition) is 3. The fourth-order valence-corrected chi connectivity index (χ4v) is 3.32. The largest absolute Gasteiger partial charge is 0.329 e. The van der Waals surface area contributed by atoms with E-state index in [1.165, 1.54) is 45.3 Å². The van der Waals surface area contributed by atoms with Gasteiger partial charge in [0.25, 0.3) is 0 Å². The summed E-state index contributed by atoms with van der Waals surface area (Å²) >= 11 is 0. The summed E-state index contributed by atoms with van der Waals surface area (Å²) in [6, 6.07) is 0. The minimum absolute atomic E-state index is 0.270. The first-order valence-corrected chi connectivity index (χ1v) is 7.39. The Morgan fingerprint density at radius 1 is 1.12 bits per heavy atom. The third kappa shape index (κ3) is 3.67. The van der Waals surface area contributed by atoms with E-state index in [4.69, 9.17) is 5.73 Å². The fourth-order valence-electron chi connectivity index (χ4n) is 3.32. The van der Waals surface area contributed by atoms with E-state index in [-0.39, 0.29) is 5.54 Å². The van der Waals surface area contributed by atoms with Gasteiger partial charge in [0.15, 0.2) is 0 Å². The normalized spacial score (nSPS) is 27.4. The molecular weight excluding hydrogens is 210 g/mol. The highest BCUT2D eigenvalue weighted by molar-refractivity contribution is 4.93. The molecule has 0 radical (unpaired) electrons. The maximum atomic E-state index is 6.12. The van der Waals surface area contributed by atoms with Crippen molar-refractivity contribution in [2.75, 3.05) is 39.3 Å². The van der Waals surface area contributed by atoms with Crippen LogP contribution in [-0.2, 0) is 0 Å². The van der Waals surface area contributed by atoms with Gasteiger partial charge < -0.3 is 10.6 Å². The van der Waals surface area contributed by atoms with Crippen molar-refractivity contribution < 1.29 is 0 Å². The number of nitrogens with two attached hydrogens (primary N) is 1. The van der Waals surface area contributed by atoms with Crippen LogP contribution >= 0.6 is 0 Å². The predicted octanol–water partition coefficient (Wildman–Crippen LogP) is 1.92. The summed E-state index contributed by atoms with van der Waals surface area (Å²) < 4.78 is 0. The van der Waals surface area contributed by atoms with Crippen molar-refractivity contribution in [3.8, 4) is 0 Å². The van der Waals surface area contributed by atoms with Gasteiger partial charge in [-0.3, -0.25) is 4.90 Å². The fraction of sp³-hybridized carbons (Fsp3) is 1.00. The second-order valence-electron chi connectivity index (χ2n) is 5.30. The molecule has 0 aliphatic carbocycles. The number of likely N-dealkylation sites (tertiary alicyclic amines) is 1. The molecule has 1 unspecified atom stereocenters. The van der Waals surface area contributed by atoms with Crippen molar-refractivity contribution in [3.63, 3.8) is 0 Å². The molecule has 1 aliphatic rings. The van der Waals surface area contributed by atoms with E-state index in [1.807, 2.05) is 0 Å². The standard InChI is InChI=1S/C14H31N3/c1-4-10-16-11-7-8-14(13-15,9-12-16)17(5-2)6-3/h4-13,15H2,1-3H3. The zero-order valence-electron chi connectivity index (χ0n) is 12.0. The second-order valence-corrected chi connectivity index (χ2v) is 5.30. The summed E-state index contributed by atoms with van der Waals surface area (Å²) in [4.78, 5) is 5.20. The molecule has 0 aromatic rings. The van der Waals surface area contributed by atoms with E-state index in [2.05, 4.69) is 30.6 Å². The Bertz CT molecular complexity index is 204. The molecule has 2 N–H and O–H groups in total. The van der Waals surface area contributed by atoms with E-state index in [0.717, 1.165) is 19.6 Å². The lowest BCUT2D eigenvalue weighted by Crippen LogP contribution is -2.54. The average molecular weight is 241 g/mol. The lowest BCUT2D eigenvalue weighted by Gasteiger charge is -2.42. The van der Waals surface area contributed by atoms with Crippen LogP contribution in [-0.4, -0.2) is 54.6 Å². The van der Waals surface area contributed by atoms with Crippen LogP contribution < -0.4 is 5.73 Å². The topological polar surface area (TPSA) is 32.5 Å². The SMILES string of the molecule is CCCN1CCCC(CN)(N(CC)CC)CC1. The minimum Gasteiger partial charge on any atom is -0.329 e. The van der Waals surface area contributed by atoms with Crippen LogP contribution in [0.15, 0.2) is 0 Å². The Hall–Kier alpha value is -0.120. The minimum atomic E-state index is 0.270. The summed E-state index contributed by atoms with van der Waals surface area (Å²) in [6.07, 6.45) is 5.07. The monoisotopic (exact) mass is 241 g/mol. The highest BCUT2D eigenvalue weighted by Gasteiger charge is 2.35. The van der Waals surface area contributed by atoms with E-state index in [9.17, 15) is 0 Å². The third-order valence-corrected chi connectivity index (χ3v) is 4.36. The summed E-state index contributed by atoms with van der Waals surface area (Å²) in [7, 11) is 0. The Labute approximate surface area is 107 Å². The molecule has 102 valence electrons. The molecule has 0 spiro atoms. The highest BCUT2D eigenvalue weighted by Crippen LogP contribution is 2.28. The first-order valence-electron chi connectivity index (χ1n) is 7.39. The van der Waals surface area contributed by atoms with Gasteiger partial charge in [-0.2, -0.15) is 0 Å². The zero-order chi connectivity index (χ0) is 12.7. The van der Waals surface area contributed by atoms with Gasteiger partial charge in [-0.15, -0.1) is 0 Å². The molecule has 0 saturated carbocycles. The van der Waals surface area contributed by atoms with Gasteiger partial charge in [-0.05, 0) is 58.4 Å². The van der Waals surface area contributed by atoms with Gasteiger partial charge in [-0.1, -0.05) is 20.8 Å². The van der Waals surface area contributed by atoms with Crippen molar-refractivity contribution in [2.45, 2.75) is 52.0 Å². The van der Waals surface area contributed by atoms with Crippen molar-refractivity contribution in [1.82, 2.24) is 9.80 Å². The molecule has 3 heteroatoms. The first kappa shape index (κ1) is 14.9. The maximum absolute atomic E-state index is 6.12. The molecule has 3 nitrogen and oxygen atoms in total. The Kier molecular flexibility index (Phi) is 6.45. The van der Waals surface area contributed by atoms with E-state index >= 15 is 0 Å². The lowest BCUT2D eigenvalue weighted by atomic mass is 9.88. The van der Waals surface area contributed by atoms with Gasteiger partial charge in [-0.25, -0.2) is 0 Å². The van der Waals surface area contributed by atoms with Crippen molar-refractivity contribution in [2.24, 2.45) is 5.73 Å². The van der Waals surface area contributed by atoms with Crippen LogP contribution in [0.4, 0.5) is 0 Å². The molecule has 0 aromatic carbocycles. The van der Waals surface area contributed by atoms with E-state index in [0.29, 0.717) is 0 Å². The number of nitrogens with zero attached hydrogens (tertiary/aromatic N) is 2. The molecule has 1 fully saturated rings. The predicted molar refractivity (Wildman–Crippen MR) is 75.3 cm³/mol. The zero-order valence-corrected chi connectivity index (χ0v) is 12.0. The Morgan fingerprint density at radius 2 is 1.82 bits per heavy atom. The van der Waals surface area contributed by atoms with Gasteiger partial charge >= 0.3 is 0 Å². The maximum Gasteiger partial charge on any atom is 0.0344 e. The summed E-state index contributed by atoms with van der Waals surface area (Å²) in [5.41, 5.74) is 6.39. The highest BCUT2D eigenvalue weighted by atomic mass is 15.2. The lowest BCUT2D eigenvalue weighted by molar-refractivity contribution is 0.0893. The molecule has 1 rings (SSSR count). The molecule has 0 aromatic heterocycles. The number of likely N-dealkylation sites (N-methyl/N-ethyl adjacent to an activating group) is 1. The number of hydrogen-bond donors (Lipinski definition) is 1. The molecule has 17 heavy (non-hydrogen) atoms. The molecule has 1 heterocycles. The van der Waals surface area contributed by atoms with Crippen LogP contribution in [0.3, 0.4) is 0 Å². The van der Waals surface area contributed by atoms with Gasteiger partial charge in [0.05, 0.1) is 0 Å². The molecule has 1 atom stereocenters. The van der Waals surface area contributed by atoms with Crippen LogP contribution in [0.5, 0.6) is 0 Å². The number of rotatable bonds is 6. The van der Waals surface area contributed by atoms with E-state index < -0.39 is 0 Å².